The van der Waals surface area contributed by atoms with Crippen molar-refractivity contribution in [2.75, 3.05) is 12.3 Å². The third kappa shape index (κ3) is 25.3. The summed E-state index contributed by atoms with van der Waals surface area (Å²) in [6.07, 6.45) is 24.1. The fourth-order valence-electron chi connectivity index (χ4n) is 3.60. The molecule has 5 nitrogen and oxygen atoms in total. The molecule has 0 unspecified atom stereocenters. The van der Waals surface area contributed by atoms with Crippen molar-refractivity contribution in [1.29, 1.82) is 0 Å². The van der Waals surface area contributed by atoms with Gasteiger partial charge in [-0.05, 0) is 6.42 Å². The molecule has 0 aromatic carbocycles. The Bertz CT molecular complexity index is 465. The number of unbranched alkanes of at least 4 members (excludes halogenated alkanes) is 17. The Hall–Kier alpha value is -0.620. The van der Waals surface area contributed by atoms with Crippen LogP contribution in [0.1, 0.15) is 129 Å². The van der Waals surface area contributed by atoms with E-state index in [2.05, 4.69) is 12.2 Å². The number of hydrogen-bond acceptors (Lipinski definition) is 3. The van der Waals surface area contributed by atoms with Crippen LogP contribution >= 0.6 is 0 Å². The third-order valence-electron chi connectivity index (χ3n) is 5.44. The van der Waals surface area contributed by atoms with Crippen LogP contribution in [0.2, 0.25) is 0 Å². The Morgan fingerprint density at radius 2 is 1.00 bits per heavy atom. The molecule has 0 radical (unpaired) electrons. The molecule has 0 saturated heterocycles. The molecule has 0 aliphatic carbocycles. The molecule has 0 aromatic heterocycles. The van der Waals surface area contributed by atoms with E-state index in [4.69, 9.17) is 4.55 Å². The molecule has 0 aromatic rings. The van der Waals surface area contributed by atoms with Crippen LogP contribution in [0.5, 0.6) is 0 Å². The first-order chi connectivity index (χ1) is 14.0. The van der Waals surface area contributed by atoms with Crippen molar-refractivity contribution in [3.8, 4) is 0 Å². The van der Waals surface area contributed by atoms with E-state index in [9.17, 15) is 13.2 Å². The second-order valence-corrected chi connectivity index (χ2v) is 9.97. The maximum atomic E-state index is 11.5. The highest BCUT2D eigenvalue weighted by atomic mass is 32.2. The minimum atomic E-state index is -3.99. The zero-order chi connectivity index (χ0) is 21.6. The first kappa shape index (κ1) is 28.4. The highest BCUT2D eigenvalue weighted by molar-refractivity contribution is 7.85. The summed E-state index contributed by atoms with van der Waals surface area (Å²) in [6.45, 7) is 2.25. The van der Waals surface area contributed by atoms with Crippen LogP contribution in [0.4, 0.5) is 0 Å². The monoisotopic (exact) mass is 433 g/mol. The number of hydrogen-bond donors (Lipinski definition) is 2. The predicted molar refractivity (Wildman–Crippen MR) is 123 cm³/mol. The summed E-state index contributed by atoms with van der Waals surface area (Å²) in [5, 5.41) is 2.52. The number of rotatable bonds is 22. The number of carbonyl (C=O) groups is 1. The van der Waals surface area contributed by atoms with E-state index in [0.29, 0.717) is 6.42 Å². The van der Waals surface area contributed by atoms with Crippen LogP contribution in [-0.2, 0) is 14.9 Å². The molecule has 0 atom stereocenters. The molecule has 0 aliphatic heterocycles. The standard InChI is InChI=1S/C23H47NO4S/c1-2-3-4-5-6-7-8-9-10-11-12-13-14-15-16-17-18-19-20-23(25)24-21-22-29(26,27)28/h2-22H2,1H3,(H,24,25)(H,26,27,28). The van der Waals surface area contributed by atoms with Gasteiger partial charge in [-0.15, -0.1) is 0 Å². The van der Waals surface area contributed by atoms with Gasteiger partial charge in [-0.2, -0.15) is 8.42 Å². The lowest BCUT2D eigenvalue weighted by molar-refractivity contribution is -0.121. The highest BCUT2D eigenvalue weighted by Crippen LogP contribution is 2.14. The fraction of sp³-hybridized carbons (Fsp3) is 0.957. The average molecular weight is 434 g/mol. The van der Waals surface area contributed by atoms with Gasteiger partial charge in [0.1, 0.15) is 0 Å². The van der Waals surface area contributed by atoms with E-state index in [-0.39, 0.29) is 12.5 Å². The van der Waals surface area contributed by atoms with Crippen LogP contribution in [-0.4, -0.2) is 31.2 Å². The normalized spacial score (nSPS) is 11.7. The molecule has 0 fully saturated rings. The van der Waals surface area contributed by atoms with Gasteiger partial charge in [-0.25, -0.2) is 0 Å². The van der Waals surface area contributed by atoms with E-state index in [1.807, 2.05) is 0 Å². The van der Waals surface area contributed by atoms with E-state index in [0.717, 1.165) is 19.3 Å². The molecular weight excluding hydrogens is 386 g/mol. The molecule has 174 valence electrons. The van der Waals surface area contributed by atoms with Crippen LogP contribution in [0, 0.1) is 0 Å². The first-order valence-corrected chi connectivity index (χ1v) is 13.8. The summed E-state index contributed by atoms with van der Waals surface area (Å²) in [7, 11) is -3.99. The van der Waals surface area contributed by atoms with Gasteiger partial charge in [0.25, 0.3) is 10.1 Å². The Morgan fingerprint density at radius 1 is 0.655 bits per heavy atom. The number of amides is 1. The molecule has 6 heteroatoms. The summed E-state index contributed by atoms with van der Waals surface area (Å²) in [5.74, 6) is -0.553. The molecule has 2 N–H and O–H groups in total. The lowest BCUT2D eigenvalue weighted by Crippen LogP contribution is -2.28. The molecular formula is C23H47NO4S. The van der Waals surface area contributed by atoms with Crippen molar-refractivity contribution in [2.45, 2.75) is 129 Å². The predicted octanol–water partition coefficient (Wildman–Crippen LogP) is 6.42. The first-order valence-electron chi connectivity index (χ1n) is 12.2. The molecule has 0 saturated carbocycles. The summed E-state index contributed by atoms with van der Waals surface area (Å²) in [4.78, 5) is 11.5. The quantitative estimate of drug-likeness (QED) is 0.152. The zero-order valence-corrected chi connectivity index (χ0v) is 19.7. The van der Waals surface area contributed by atoms with Crippen molar-refractivity contribution in [3.63, 3.8) is 0 Å². The molecule has 0 bridgehead atoms. The zero-order valence-electron chi connectivity index (χ0n) is 18.9. The van der Waals surface area contributed by atoms with Crippen molar-refractivity contribution >= 4 is 16.0 Å². The van der Waals surface area contributed by atoms with Crippen molar-refractivity contribution in [1.82, 2.24) is 5.32 Å². The third-order valence-corrected chi connectivity index (χ3v) is 6.16. The van der Waals surface area contributed by atoms with Gasteiger partial charge in [0, 0.05) is 13.0 Å². The highest BCUT2D eigenvalue weighted by Gasteiger charge is 2.06. The Balaban J connectivity index is 3.16. The topological polar surface area (TPSA) is 83.5 Å². The van der Waals surface area contributed by atoms with Gasteiger partial charge in [0.05, 0.1) is 5.75 Å². The fourth-order valence-corrected chi connectivity index (χ4v) is 3.96. The van der Waals surface area contributed by atoms with E-state index in [1.54, 1.807) is 0 Å². The Morgan fingerprint density at radius 3 is 1.34 bits per heavy atom. The minimum absolute atomic E-state index is 0.0171. The average Bonchev–Trinajstić information content (AvgIpc) is 2.66. The second-order valence-electron chi connectivity index (χ2n) is 8.40. The van der Waals surface area contributed by atoms with Crippen LogP contribution in [0.3, 0.4) is 0 Å². The Kier molecular flexibility index (Phi) is 20.2. The van der Waals surface area contributed by atoms with Gasteiger partial charge >= 0.3 is 0 Å². The summed E-state index contributed by atoms with van der Waals surface area (Å²) in [5.41, 5.74) is 0. The van der Waals surface area contributed by atoms with Crippen LogP contribution in [0.15, 0.2) is 0 Å². The van der Waals surface area contributed by atoms with Crippen molar-refractivity contribution in [3.05, 3.63) is 0 Å². The van der Waals surface area contributed by atoms with Crippen LogP contribution < -0.4 is 5.32 Å². The molecule has 0 spiro atoms. The summed E-state index contributed by atoms with van der Waals surface area (Å²) in [6, 6.07) is 0. The summed E-state index contributed by atoms with van der Waals surface area (Å²) >= 11 is 0. The molecule has 0 aliphatic rings. The molecule has 1 amide bonds. The lowest BCUT2D eigenvalue weighted by Gasteiger charge is -2.05. The second kappa shape index (κ2) is 20.6. The van der Waals surface area contributed by atoms with E-state index >= 15 is 0 Å². The Labute approximate surface area is 180 Å². The maximum absolute atomic E-state index is 11.5. The maximum Gasteiger partial charge on any atom is 0.266 e. The molecule has 0 heterocycles. The van der Waals surface area contributed by atoms with Gasteiger partial charge in [0.15, 0.2) is 0 Å². The van der Waals surface area contributed by atoms with E-state index in [1.165, 1.54) is 96.3 Å². The number of nitrogens with one attached hydrogen (secondary N) is 1. The van der Waals surface area contributed by atoms with Crippen molar-refractivity contribution in [2.24, 2.45) is 0 Å². The van der Waals surface area contributed by atoms with Crippen molar-refractivity contribution < 1.29 is 17.8 Å². The van der Waals surface area contributed by atoms with Gasteiger partial charge in [0.2, 0.25) is 5.91 Å². The SMILES string of the molecule is CCCCCCCCCCCCCCCCCCCCC(=O)NCCS(=O)(=O)O. The van der Waals surface area contributed by atoms with Gasteiger partial charge in [-0.3, -0.25) is 9.35 Å². The minimum Gasteiger partial charge on any atom is -0.355 e. The van der Waals surface area contributed by atoms with E-state index < -0.39 is 15.9 Å². The van der Waals surface area contributed by atoms with Crippen LogP contribution in [0.25, 0.3) is 0 Å². The molecule has 29 heavy (non-hydrogen) atoms. The van der Waals surface area contributed by atoms with Gasteiger partial charge in [-0.1, -0.05) is 116 Å². The number of carbonyl (C=O) groups excluding carboxylic acids is 1. The largest absolute Gasteiger partial charge is 0.355 e. The smallest absolute Gasteiger partial charge is 0.266 e. The van der Waals surface area contributed by atoms with Gasteiger partial charge < -0.3 is 5.32 Å². The summed E-state index contributed by atoms with van der Waals surface area (Å²) < 4.78 is 29.7. The molecule has 0 rings (SSSR count). The lowest BCUT2D eigenvalue weighted by atomic mass is 10.0.